The van der Waals surface area contributed by atoms with E-state index in [0.717, 1.165) is 0 Å². The molecule has 0 unspecified atom stereocenters. The normalized spacial score (nSPS) is 10.6. The SMILES string of the molecule is COc1cc(NC(=O)/C=C/c2ccc(Oc3cccnc3)c(F)c2)cc(OC)c1. The molecule has 0 saturated carbocycles. The molecular weight excluding hydrogens is 375 g/mol. The number of methoxy groups -OCH3 is 2. The number of halogens is 1. The predicted molar refractivity (Wildman–Crippen MR) is 108 cm³/mol. The lowest BCUT2D eigenvalue weighted by atomic mass is 10.2. The molecule has 1 aromatic heterocycles. The van der Waals surface area contributed by atoms with E-state index in [-0.39, 0.29) is 11.7 Å². The summed E-state index contributed by atoms with van der Waals surface area (Å²) in [6, 6.07) is 12.8. The third-order valence-electron chi connectivity index (χ3n) is 3.86. The van der Waals surface area contributed by atoms with Crippen LogP contribution in [0.5, 0.6) is 23.0 Å². The van der Waals surface area contributed by atoms with Crippen LogP contribution in [-0.4, -0.2) is 25.1 Å². The third-order valence-corrected chi connectivity index (χ3v) is 3.86. The molecule has 0 aliphatic rings. The predicted octanol–water partition coefficient (Wildman–Crippen LogP) is 4.68. The molecule has 1 heterocycles. The lowest BCUT2D eigenvalue weighted by Gasteiger charge is -2.08. The van der Waals surface area contributed by atoms with E-state index in [1.54, 1.807) is 42.6 Å². The van der Waals surface area contributed by atoms with Gasteiger partial charge in [0.05, 0.1) is 20.4 Å². The van der Waals surface area contributed by atoms with E-state index in [2.05, 4.69) is 10.3 Å². The Morgan fingerprint density at radius 3 is 2.41 bits per heavy atom. The zero-order chi connectivity index (χ0) is 20.6. The minimum absolute atomic E-state index is 0.0723. The van der Waals surface area contributed by atoms with Gasteiger partial charge in [0, 0.05) is 36.2 Å². The van der Waals surface area contributed by atoms with Crippen LogP contribution >= 0.6 is 0 Å². The van der Waals surface area contributed by atoms with E-state index in [0.29, 0.717) is 28.5 Å². The number of pyridine rings is 1. The van der Waals surface area contributed by atoms with Gasteiger partial charge in [0.1, 0.15) is 17.2 Å². The Bertz CT molecular complexity index is 1000. The van der Waals surface area contributed by atoms with Gasteiger partial charge in [-0.3, -0.25) is 9.78 Å². The van der Waals surface area contributed by atoms with Gasteiger partial charge >= 0.3 is 0 Å². The summed E-state index contributed by atoms with van der Waals surface area (Å²) in [5.74, 6) is 0.681. The van der Waals surface area contributed by atoms with Crippen molar-refractivity contribution in [3.05, 3.63) is 78.4 Å². The zero-order valence-corrected chi connectivity index (χ0v) is 15.9. The first-order chi connectivity index (χ1) is 14.1. The molecule has 6 nitrogen and oxygen atoms in total. The molecule has 1 amide bonds. The first-order valence-corrected chi connectivity index (χ1v) is 8.67. The highest BCUT2D eigenvalue weighted by Crippen LogP contribution is 2.26. The molecule has 0 atom stereocenters. The smallest absolute Gasteiger partial charge is 0.248 e. The van der Waals surface area contributed by atoms with Crippen molar-refractivity contribution in [3.63, 3.8) is 0 Å². The van der Waals surface area contributed by atoms with Crippen molar-refractivity contribution in [2.24, 2.45) is 0 Å². The van der Waals surface area contributed by atoms with Crippen LogP contribution in [0.25, 0.3) is 6.08 Å². The van der Waals surface area contributed by atoms with Crippen molar-refractivity contribution in [2.45, 2.75) is 0 Å². The molecular formula is C22H19FN2O4. The minimum atomic E-state index is -0.547. The van der Waals surface area contributed by atoms with Gasteiger partial charge in [0.15, 0.2) is 11.6 Å². The first-order valence-electron chi connectivity index (χ1n) is 8.67. The van der Waals surface area contributed by atoms with E-state index in [1.165, 1.54) is 44.7 Å². The molecule has 3 rings (SSSR count). The second kappa shape index (κ2) is 9.36. The van der Waals surface area contributed by atoms with Crippen molar-refractivity contribution >= 4 is 17.7 Å². The van der Waals surface area contributed by atoms with Gasteiger partial charge in [-0.1, -0.05) is 6.07 Å². The van der Waals surface area contributed by atoms with Gasteiger partial charge in [-0.2, -0.15) is 0 Å². The maximum atomic E-state index is 14.3. The van der Waals surface area contributed by atoms with Gasteiger partial charge in [0.25, 0.3) is 0 Å². The Hall–Kier alpha value is -3.87. The molecule has 0 bridgehead atoms. The summed E-state index contributed by atoms with van der Waals surface area (Å²) in [5, 5.41) is 2.71. The largest absolute Gasteiger partial charge is 0.497 e. The summed E-state index contributed by atoms with van der Waals surface area (Å²) in [7, 11) is 3.05. The van der Waals surface area contributed by atoms with Crippen molar-refractivity contribution in [1.82, 2.24) is 4.98 Å². The number of anilines is 1. The Morgan fingerprint density at radius 1 is 1.03 bits per heavy atom. The quantitative estimate of drug-likeness (QED) is 0.589. The molecule has 1 N–H and O–H groups in total. The van der Waals surface area contributed by atoms with Crippen molar-refractivity contribution in [1.29, 1.82) is 0 Å². The molecule has 0 radical (unpaired) electrons. The average molecular weight is 394 g/mol. The molecule has 2 aromatic carbocycles. The van der Waals surface area contributed by atoms with Crippen LogP contribution in [0, 0.1) is 5.82 Å². The van der Waals surface area contributed by atoms with Crippen molar-refractivity contribution < 1.29 is 23.4 Å². The molecule has 148 valence electrons. The molecule has 0 saturated heterocycles. The number of carbonyl (C=O) groups is 1. The van der Waals surface area contributed by atoms with Crippen LogP contribution in [0.15, 0.2) is 67.0 Å². The topological polar surface area (TPSA) is 69.7 Å². The number of carbonyl (C=O) groups excluding carboxylic acids is 1. The molecule has 0 fully saturated rings. The molecule has 0 spiro atoms. The van der Waals surface area contributed by atoms with E-state index >= 15 is 0 Å². The van der Waals surface area contributed by atoms with Crippen LogP contribution in [0.3, 0.4) is 0 Å². The molecule has 3 aromatic rings. The number of rotatable bonds is 7. The second-order valence-electron chi connectivity index (χ2n) is 5.90. The monoisotopic (exact) mass is 394 g/mol. The van der Waals surface area contributed by atoms with E-state index in [9.17, 15) is 9.18 Å². The lowest BCUT2D eigenvalue weighted by Crippen LogP contribution is -2.08. The first kappa shape index (κ1) is 19.9. The highest BCUT2D eigenvalue weighted by atomic mass is 19.1. The Kier molecular flexibility index (Phi) is 6.42. The second-order valence-corrected chi connectivity index (χ2v) is 5.90. The number of aromatic nitrogens is 1. The Labute approximate surface area is 167 Å². The standard InChI is InChI=1S/C22H19FN2O4/c1-27-18-11-16(12-19(13-18)28-2)25-22(26)8-6-15-5-7-21(20(23)10-15)29-17-4-3-9-24-14-17/h3-14H,1-2H3,(H,25,26)/b8-6+. The van der Waals surface area contributed by atoms with Crippen LogP contribution in [0.2, 0.25) is 0 Å². The maximum Gasteiger partial charge on any atom is 0.248 e. The summed E-state index contributed by atoms with van der Waals surface area (Å²) in [5.41, 5.74) is 1.03. The Balaban J connectivity index is 1.66. The van der Waals surface area contributed by atoms with Crippen LogP contribution < -0.4 is 19.5 Å². The third kappa shape index (κ3) is 5.55. The number of nitrogens with zero attached hydrogens (tertiary/aromatic N) is 1. The summed E-state index contributed by atoms with van der Waals surface area (Å²) in [6.45, 7) is 0. The number of amides is 1. The summed E-state index contributed by atoms with van der Waals surface area (Å²) >= 11 is 0. The minimum Gasteiger partial charge on any atom is -0.497 e. The number of nitrogens with one attached hydrogen (secondary N) is 1. The van der Waals surface area contributed by atoms with Gasteiger partial charge in [0.2, 0.25) is 5.91 Å². The summed E-state index contributed by atoms with van der Waals surface area (Å²) in [6.07, 6.45) is 5.90. The van der Waals surface area contributed by atoms with Gasteiger partial charge in [-0.05, 0) is 35.9 Å². The van der Waals surface area contributed by atoms with Crippen molar-refractivity contribution in [3.8, 4) is 23.0 Å². The Morgan fingerprint density at radius 2 is 1.79 bits per heavy atom. The molecule has 29 heavy (non-hydrogen) atoms. The van der Waals surface area contributed by atoms with E-state index in [4.69, 9.17) is 14.2 Å². The highest BCUT2D eigenvalue weighted by molar-refractivity contribution is 6.02. The molecule has 0 aliphatic carbocycles. The number of hydrogen-bond acceptors (Lipinski definition) is 5. The maximum absolute atomic E-state index is 14.3. The van der Waals surface area contributed by atoms with Gasteiger partial charge < -0.3 is 19.5 Å². The van der Waals surface area contributed by atoms with Crippen molar-refractivity contribution in [2.75, 3.05) is 19.5 Å². The average Bonchev–Trinajstić information content (AvgIpc) is 2.74. The fourth-order valence-electron chi connectivity index (χ4n) is 2.47. The molecule has 7 heteroatoms. The fourth-order valence-corrected chi connectivity index (χ4v) is 2.47. The van der Waals surface area contributed by atoms with Crippen LogP contribution in [0.4, 0.5) is 10.1 Å². The highest BCUT2D eigenvalue weighted by Gasteiger charge is 2.07. The van der Waals surface area contributed by atoms with Crippen LogP contribution in [-0.2, 0) is 4.79 Å². The summed E-state index contributed by atoms with van der Waals surface area (Å²) < 4.78 is 30.1. The lowest BCUT2D eigenvalue weighted by molar-refractivity contribution is -0.111. The number of benzene rings is 2. The van der Waals surface area contributed by atoms with Gasteiger partial charge in [-0.25, -0.2) is 4.39 Å². The van der Waals surface area contributed by atoms with Crippen LogP contribution in [0.1, 0.15) is 5.56 Å². The zero-order valence-electron chi connectivity index (χ0n) is 15.9. The van der Waals surface area contributed by atoms with Gasteiger partial charge in [-0.15, -0.1) is 0 Å². The number of hydrogen-bond donors (Lipinski definition) is 1. The van der Waals surface area contributed by atoms with E-state index in [1.807, 2.05) is 0 Å². The fraction of sp³-hybridized carbons (Fsp3) is 0.0909. The number of ether oxygens (including phenoxy) is 3. The summed E-state index contributed by atoms with van der Waals surface area (Å²) in [4.78, 5) is 16.1. The van der Waals surface area contributed by atoms with E-state index < -0.39 is 5.82 Å². The molecule has 0 aliphatic heterocycles.